The second-order valence-electron chi connectivity index (χ2n) is 3.73. The van der Waals surface area contributed by atoms with Crippen molar-refractivity contribution < 1.29 is 8.42 Å². The van der Waals surface area contributed by atoms with E-state index in [1.807, 2.05) is 13.8 Å². The number of rotatable bonds is 3. The van der Waals surface area contributed by atoms with Gasteiger partial charge in [0, 0.05) is 6.04 Å². The Bertz CT molecular complexity index is 240. The third-order valence-corrected chi connectivity index (χ3v) is 4.48. The summed E-state index contributed by atoms with van der Waals surface area (Å²) in [6.45, 7) is 5.46. The molecule has 1 aliphatic carbocycles. The summed E-state index contributed by atoms with van der Waals surface area (Å²) in [5, 5.41) is 0. The van der Waals surface area contributed by atoms with Crippen LogP contribution in [0.3, 0.4) is 0 Å². The van der Waals surface area contributed by atoms with Crippen molar-refractivity contribution >= 4 is 10.0 Å². The number of nitrogens with one attached hydrogen (secondary N) is 1. The molecule has 0 aromatic rings. The molecule has 0 amide bonds. The Morgan fingerprint density at radius 2 is 1.75 bits per heavy atom. The normalized spacial score (nSPS) is 20.3. The van der Waals surface area contributed by atoms with Gasteiger partial charge in [-0.15, -0.1) is 0 Å². The third kappa shape index (κ3) is 2.20. The molecule has 74 valence electrons. The van der Waals surface area contributed by atoms with Crippen LogP contribution in [-0.4, -0.2) is 19.2 Å². The predicted molar refractivity (Wildman–Crippen MR) is 51.6 cm³/mol. The highest BCUT2D eigenvalue weighted by atomic mass is 32.2. The van der Waals surface area contributed by atoms with E-state index in [0.717, 1.165) is 12.8 Å². The highest BCUT2D eigenvalue weighted by Gasteiger charge is 2.49. The van der Waals surface area contributed by atoms with Gasteiger partial charge in [-0.3, -0.25) is 0 Å². The van der Waals surface area contributed by atoms with Gasteiger partial charge in [-0.05, 0) is 33.6 Å². The molecular weight excluding hydrogens is 174 g/mol. The topological polar surface area (TPSA) is 46.2 Å². The molecule has 0 saturated heterocycles. The lowest BCUT2D eigenvalue weighted by atomic mass is 10.4. The molecule has 1 fully saturated rings. The second-order valence-corrected chi connectivity index (χ2v) is 5.95. The maximum Gasteiger partial charge on any atom is 0.217 e. The summed E-state index contributed by atoms with van der Waals surface area (Å²) in [6.07, 6.45) is 1.60. The van der Waals surface area contributed by atoms with Crippen molar-refractivity contribution in [3.05, 3.63) is 0 Å². The smallest absolute Gasteiger partial charge is 0.212 e. The first kappa shape index (κ1) is 11.9. The van der Waals surface area contributed by atoms with E-state index >= 15 is 0 Å². The Morgan fingerprint density at radius 3 is 2.00 bits per heavy atom. The number of sulfonamides is 1. The molecule has 12 heavy (non-hydrogen) atoms. The number of hydrogen-bond donors (Lipinski definition) is 1. The maximum absolute atomic E-state index is 11.4. The lowest BCUT2D eigenvalue weighted by Gasteiger charge is -2.13. The summed E-state index contributed by atoms with van der Waals surface area (Å²) in [7, 11) is -3.04. The van der Waals surface area contributed by atoms with E-state index in [9.17, 15) is 8.42 Å². The lowest BCUT2D eigenvalue weighted by molar-refractivity contribution is 0.555. The van der Waals surface area contributed by atoms with Crippen molar-refractivity contribution in [3.8, 4) is 0 Å². The summed E-state index contributed by atoms with van der Waals surface area (Å²) < 4.78 is 25.0. The molecule has 0 bridgehead atoms. The molecule has 0 heterocycles. The van der Waals surface area contributed by atoms with Gasteiger partial charge in [0.2, 0.25) is 10.0 Å². The first-order valence-electron chi connectivity index (χ1n) is 3.89. The van der Waals surface area contributed by atoms with E-state index in [1.54, 1.807) is 6.92 Å². The monoisotopic (exact) mass is 193 g/mol. The fourth-order valence-corrected chi connectivity index (χ4v) is 2.44. The van der Waals surface area contributed by atoms with Gasteiger partial charge in [-0.2, -0.15) is 0 Å². The predicted octanol–water partition coefficient (Wildman–Crippen LogP) is 1.50. The van der Waals surface area contributed by atoms with Crippen LogP contribution in [0.15, 0.2) is 0 Å². The van der Waals surface area contributed by atoms with Gasteiger partial charge in [0.25, 0.3) is 0 Å². The van der Waals surface area contributed by atoms with Crippen LogP contribution in [-0.2, 0) is 10.0 Å². The van der Waals surface area contributed by atoms with E-state index in [4.69, 9.17) is 0 Å². The van der Waals surface area contributed by atoms with Crippen LogP contribution in [0.5, 0.6) is 0 Å². The highest BCUT2D eigenvalue weighted by Crippen LogP contribution is 2.42. The van der Waals surface area contributed by atoms with Gasteiger partial charge in [-0.25, -0.2) is 13.1 Å². The SMILES string of the molecule is C.CC(C)NS(=O)(=O)C1(C)CC1. The zero-order valence-corrected chi connectivity index (χ0v) is 8.03. The molecule has 1 N–H and O–H groups in total. The van der Waals surface area contributed by atoms with Crippen LogP contribution in [0.25, 0.3) is 0 Å². The fourth-order valence-electron chi connectivity index (χ4n) is 0.897. The summed E-state index contributed by atoms with van der Waals surface area (Å²) in [5.74, 6) is 0. The van der Waals surface area contributed by atoms with Crippen molar-refractivity contribution in [2.24, 2.45) is 0 Å². The average molecular weight is 193 g/mol. The first-order valence-corrected chi connectivity index (χ1v) is 5.38. The van der Waals surface area contributed by atoms with Crippen LogP contribution in [0.2, 0.25) is 0 Å². The van der Waals surface area contributed by atoms with E-state index in [1.165, 1.54) is 0 Å². The average Bonchev–Trinajstić information content (AvgIpc) is 2.44. The molecule has 0 aromatic carbocycles. The van der Waals surface area contributed by atoms with Crippen molar-refractivity contribution in [3.63, 3.8) is 0 Å². The molecule has 1 rings (SSSR count). The van der Waals surface area contributed by atoms with E-state index in [0.29, 0.717) is 0 Å². The maximum atomic E-state index is 11.4. The molecule has 0 spiro atoms. The summed E-state index contributed by atoms with van der Waals surface area (Å²) in [5.41, 5.74) is 0. The summed E-state index contributed by atoms with van der Waals surface area (Å²) >= 11 is 0. The molecule has 0 aromatic heterocycles. The van der Waals surface area contributed by atoms with Gasteiger partial charge in [0.1, 0.15) is 0 Å². The minimum atomic E-state index is -3.04. The van der Waals surface area contributed by atoms with Crippen molar-refractivity contribution in [2.45, 2.75) is 51.8 Å². The molecule has 0 atom stereocenters. The van der Waals surface area contributed by atoms with Crippen LogP contribution in [0, 0.1) is 0 Å². The zero-order chi connectivity index (χ0) is 8.70. The minimum Gasteiger partial charge on any atom is -0.212 e. The van der Waals surface area contributed by atoms with E-state index in [2.05, 4.69) is 4.72 Å². The van der Waals surface area contributed by atoms with Crippen LogP contribution in [0.4, 0.5) is 0 Å². The second kappa shape index (κ2) is 3.34. The van der Waals surface area contributed by atoms with Gasteiger partial charge in [0.05, 0.1) is 4.75 Å². The molecular formula is C8H19NO2S. The van der Waals surface area contributed by atoms with Gasteiger partial charge < -0.3 is 0 Å². The summed E-state index contributed by atoms with van der Waals surface area (Å²) in [6, 6.07) is 0.0115. The van der Waals surface area contributed by atoms with Crippen molar-refractivity contribution in [1.82, 2.24) is 4.72 Å². The summed E-state index contributed by atoms with van der Waals surface area (Å²) in [4.78, 5) is 0. The Morgan fingerprint density at radius 1 is 1.33 bits per heavy atom. The third-order valence-electron chi connectivity index (χ3n) is 1.99. The highest BCUT2D eigenvalue weighted by molar-refractivity contribution is 7.91. The minimum absolute atomic E-state index is 0. The lowest BCUT2D eigenvalue weighted by Crippen LogP contribution is -2.38. The molecule has 0 unspecified atom stereocenters. The first-order chi connectivity index (χ1) is 4.87. The quantitative estimate of drug-likeness (QED) is 0.738. The largest absolute Gasteiger partial charge is 0.217 e. The van der Waals surface area contributed by atoms with Crippen molar-refractivity contribution in [1.29, 1.82) is 0 Å². The molecule has 3 nitrogen and oxygen atoms in total. The van der Waals surface area contributed by atoms with Crippen LogP contribution in [0.1, 0.15) is 41.0 Å². The molecule has 1 aliphatic rings. The molecule has 4 heteroatoms. The van der Waals surface area contributed by atoms with E-state index < -0.39 is 14.8 Å². The fraction of sp³-hybridized carbons (Fsp3) is 1.00. The van der Waals surface area contributed by atoms with Gasteiger partial charge >= 0.3 is 0 Å². The Kier molecular flexibility index (Phi) is 3.32. The van der Waals surface area contributed by atoms with Crippen LogP contribution < -0.4 is 4.72 Å². The molecule has 0 aliphatic heterocycles. The van der Waals surface area contributed by atoms with Crippen LogP contribution >= 0.6 is 0 Å². The zero-order valence-electron chi connectivity index (χ0n) is 7.22. The molecule has 1 saturated carbocycles. The Labute approximate surface area is 75.6 Å². The van der Waals surface area contributed by atoms with Gasteiger partial charge in [-0.1, -0.05) is 7.43 Å². The Balaban J connectivity index is 0.00000121. The van der Waals surface area contributed by atoms with Crippen molar-refractivity contribution in [2.75, 3.05) is 0 Å². The Hall–Kier alpha value is -0.0900. The number of hydrogen-bond acceptors (Lipinski definition) is 2. The molecule has 0 radical (unpaired) electrons. The van der Waals surface area contributed by atoms with Gasteiger partial charge in [0.15, 0.2) is 0 Å². The standard InChI is InChI=1S/C7H15NO2S.CH4/c1-6(2)8-11(9,10)7(3)4-5-7;/h6,8H,4-5H2,1-3H3;1H4. The van der Waals surface area contributed by atoms with E-state index in [-0.39, 0.29) is 13.5 Å².